The highest BCUT2D eigenvalue weighted by Gasteiger charge is 2.35. The third-order valence-corrected chi connectivity index (χ3v) is 6.52. The van der Waals surface area contributed by atoms with E-state index in [2.05, 4.69) is 20.5 Å². The van der Waals surface area contributed by atoms with Gasteiger partial charge in [-0.15, -0.1) is 10.2 Å². The van der Waals surface area contributed by atoms with Gasteiger partial charge in [-0.3, -0.25) is 14.6 Å². The molecular formula is C20H19N5O2S2. The molecule has 1 aliphatic rings. The quantitative estimate of drug-likeness (QED) is 0.480. The van der Waals surface area contributed by atoms with Gasteiger partial charge in [0.25, 0.3) is 0 Å². The van der Waals surface area contributed by atoms with E-state index in [-0.39, 0.29) is 18.2 Å². The Morgan fingerprint density at radius 1 is 1.28 bits per heavy atom. The predicted molar refractivity (Wildman–Crippen MR) is 114 cm³/mol. The number of pyridine rings is 1. The number of nitrogens with zero attached hydrogens (tertiary/aromatic N) is 4. The van der Waals surface area contributed by atoms with Gasteiger partial charge in [-0.2, -0.15) is 0 Å². The van der Waals surface area contributed by atoms with Crippen LogP contribution >= 0.6 is 23.1 Å². The molecule has 0 aliphatic carbocycles. The van der Waals surface area contributed by atoms with Crippen LogP contribution in [0.1, 0.15) is 17.7 Å². The molecular weight excluding hydrogens is 406 g/mol. The molecule has 2 amide bonds. The minimum absolute atomic E-state index is 0.0420. The molecule has 1 fully saturated rings. The van der Waals surface area contributed by atoms with Crippen LogP contribution in [-0.4, -0.2) is 33.5 Å². The fraction of sp³-hybridized carbons (Fsp3) is 0.250. The first-order valence-corrected chi connectivity index (χ1v) is 10.9. The van der Waals surface area contributed by atoms with Crippen LogP contribution in [0.4, 0.5) is 10.8 Å². The number of nitrogens with one attached hydrogen (secondary N) is 1. The minimum Gasteiger partial charge on any atom is -0.312 e. The summed E-state index contributed by atoms with van der Waals surface area (Å²) in [5, 5.41) is 11.4. The highest BCUT2D eigenvalue weighted by atomic mass is 32.2. The molecule has 148 valence electrons. The Balaban J connectivity index is 1.34. The average molecular weight is 426 g/mol. The van der Waals surface area contributed by atoms with E-state index in [1.165, 1.54) is 23.1 Å². The molecule has 3 heterocycles. The van der Waals surface area contributed by atoms with Crippen molar-refractivity contribution in [3.63, 3.8) is 0 Å². The zero-order valence-electron chi connectivity index (χ0n) is 15.7. The topological polar surface area (TPSA) is 88.1 Å². The summed E-state index contributed by atoms with van der Waals surface area (Å²) in [6.07, 6.45) is 1.95. The summed E-state index contributed by atoms with van der Waals surface area (Å²) in [7, 11) is 0. The Bertz CT molecular complexity index is 1020. The van der Waals surface area contributed by atoms with Gasteiger partial charge in [-0.05, 0) is 36.8 Å². The number of hydrogen-bond donors (Lipinski definition) is 1. The molecule has 2 aromatic heterocycles. The molecule has 0 radical (unpaired) electrons. The van der Waals surface area contributed by atoms with Crippen LogP contribution < -0.4 is 10.2 Å². The highest BCUT2D eigenvalue weighted by molar-refractivity contribution is 8.00. The summed E-state index contributed by atoms with van der Waals surface area (Å²) >= 11 is 2.84. The number of rotatable bonds is 6. The van der Waals surface area contributed by atoms with E-state index >= 15 is 0 Å². The molecule has 0 spiro atoms. The highest BCUT2D eigenvalue weighted by Crippen LogP contribution is 2.30. The van der Waals surface area contributed by atoms with E-state index in [0.29, 0.717) is 17.4 Å². The van der Waals surface area contributed by atoms with Crippen LogP contribution in [0.5, 0.6) is 0 Å². The number of carbonyl (C=O) groups excluding carboxylic acids is 2. The van der Waals surface area contributed by atoms with Gasteiger partial charge >= 0.3 is 0 Å². The molecule has 1 aliphatic heterocycles. The van der Waals surface area contributed by atoms with Gasteiger partial charge in [-0.25, -0.2) is 0 Å². The fourth-order valence-electron chi connectivity index (χ4n) is 3.07. The monoisotopic (exact) mass is 425 g/mol. The number of aryl methyl sites for hydroxylation is 1. The van der Waals surface area contributed by atoms with Crippen molar-refractivity contribution >= 4 is 45.7 Å². The van der Waals surface area contributed by atoms with E-state index in [1.807, 2.05) is 49.4 Å². The number of aromatic nitrogens is 3. The van der Waals surface area contributed by atoms with Gasteiger partial charge in [0.2, 0.25) is 16.9 Å². The number of amides is 2. The van der Waals surface area contributed by atoms with Crippen molar-refractivity contribution in [3.8, 4) is 0 Å². The van der Waals surface area contributed by atoms with E-state index in [0.717, 1.165) is 21.3 Å². The standard InChI is InChI=1S/C20H19N5O2S2/c1-13-5-4-7-16(9-13)25-11-14(10-17(25)26)18(27)22-19-23-24-20(29-19)28-12-15-6-2-3-8-21-15/h2-9,14H,10-12H2,1H3,(H,22,23,27)/t14-/m1/s1. The number of hydrogen-bond acceptors (Lipinski definition) is 7. The van der Waals surface area contributed by atoms with Gasteiger partial charge in [0.1, 0.15) is 0 Å². The van der Waals surface area contributed by atoms with Crippen molar-refractivity contribution in [1.82, 2.24) is 15.2 Å². The normalized spacial score (nSPS) is 16.2. The zero-order chi connectivity index (χ0) is 20.2. The maximum absolute atomic E-state index is 12.6. The summed E-state index contributed by atoms with van der Waals surface area (Å²) in [4.78, 5) is 31.0. The van der Waals surface area contributed by atoms with Crippen LogP contribution in [0.3, 0.4) is 0 Å². The molecule has 0 saturated carbocycles. The molecule has 1 saturated heterocycles. The molecule has 1 atom stereocenters. The number of thioether (sulfide) groups is 1. The summed E-state index contributed by atoms with van der Waals surface area (Å²) in [6.45, 7) is 2.35. The molecule has 4 rings (SSSR count). The van der Waals surface area contributed by atoms with Gasteiger partial charge in [-0.1, -0.05) is 41.3 Å². The lowest BCUT2D eigenvalue weighted by molar-refractivity contribution is -0.122. The Morgan fingerprint density at radius 3 is 2.97 bits per heavy atom. The first-order valence-electron chi connectivity index (χ1n) is 9.12. The molecule has 1 aromatic carbocycles. The van der Waals surface area contributed by atoms with Crippen LogP contribution in [0, 0.1) is 12.8 Å². The summed E-state index contributed by atoms with van der Waals surface area (Å²) in [5.74, 6) is 0.0357. The second-order valence-corrected chi connectivity index (χ2v) is 8.92. The van der Waals surface area contributed by atoms with E-state index in [4.69, 9.17) is 0 Å². The van der Waals surface area contributed by atoms with Crippen molar-refractivity contribution in [2.75, 3.05) is 16.8 Å². The fourth-order valence-corrected chi connectivity index (χ4v) is 4.74. The Labute approximate surface area is 176 Å². The molecule has 1 N–H and O–H groups in total. The Kier molecular flexibility index (Phi) is 5.86. The van der Waals surface area contributed by atoms with Crippen molar-refractivity contribution in [1.29, 1.82) is 0 Å². The predicted octanol–water partition coefficient (Wildman–Crippen LogP) is 3.53. The van der Waals surface area contributed by atoms with Gasteiger partial charge in [0.05, 0.1) is 11.6 Å². The molecule has 3 aromatic rings. The number of anilines is 2. The number of benzene rings is 1. The first kappa shape index (κ1) is 19.5. The zero-order valence-corrected chi connectivity index (χ0v) is 17.4. The number of carbonyl (C=O) groups is 2. The third-order valence-electron chi connectivity index (χ3n) is 4.52. The second-order valence-electron chi connectivity index (χ2n) is 6.72. The van der Waals surface area contributed by atoms with E-state index < -0.39 is 5.92 Å². The van der Waals surface area contributed by atoms with Gasteiger partial charge < -0.3 is 10.2 Å². The lowest BCUT2D eigenvalue weighted by Crippen LogP contribution is -2.28. The summed E-state index contributed by atoms with van der Waals surface area (Å²) in [5.41, 5.74) is 2.86. The molecule has 7 nitrogen and oxygen atoms in total. The first-order chi connectivity index (χ1) is 14.1. The Morgan fingerprint density at radius 2 is 2.17 bits per heavy atom. The Hall–Kier alpha value is -2.78. The molecule has 9 heteroatoms. The van der Waals surface area contributed by atoms with Crippen LogP contribution in [0.25, 0.3) is 0 Å². The van der Waals surface area contributed by atoms with Crippen LogP contribution in [0.2, 0.25) is 0 Å². The smallest absolute Gasteiger partial charge is 0.231 e. The van der Waals surface area contributed by atoms with Crippen molar-refractivity contribution in [2.45, 2.75) is 23.4 Å². The van der Waals surface area contributed by atoms with Crippen LogP contribution in [-0.2, 0) is 15.3 Å². The van der Waals surface area contributed by atoms with Gasteiger partial charge in [0.15, 0.2) is 4.34 Å². The third kappa shape index (κ3) is 4.80. The van der Waals surface area contributed by atoms with E-state index in [1.54, 1.807) is 11.1 Å². The SMILES string of the molecule is Cc1cccc(N2C[C@H](C(=O)Nc3nnc(SCc4ccccn4)s3)CC2=O)c1. The molecule has 29 heavy (non-hydrogen) atoms. The lowest BCUT2D eigenvalue weighted by Gasteiger charge is -2.17. The van der Waals surface area contributed by atoms with Crippen molar-refractivity contribution in [3.05, 3.63) is 59.9 Å². The second kappa shape index (κ2) is 8.71. The minimum atomic E-state index is -0.406. The lowest BCUT2D eigenvalue weighted by atomic mass is 10.1. The molecule has 0 bridgehead atoms. The summed E-state index contributed by atoms with van der Waals surface area (Å²) < 4.78 is 0.759. The van der Waals surface area contributed by atoms with Crippen molar-refractivity contribution < 1.29 is 9.59 Å². The van der Waals surface area contributed by atoms with Crippen molar-refractivity contribution in [2.24, 2.45) is 5.92 Å². The van der Waals surface area contributed by atoms with Gasteiger partial charge in [0, 0.05) is 30.6 Å². The largest absolute Gasteiger partial charge is 0.312 e. The van der Waals surface area contributed by atoms with Crippen LogP contribution in [0.15, 0.2) is 53.0 Å². The maximum Gasteiger partial charge on any atom is 0.231 e. The molecule has 0 unspecified atom stereocenters. The maximum atomic E-state index is 12.6. The van der Waals surface area contributed by atoms with E-state index in [9.17, 15) is 9.59 Å². The summed E-state index contributed by atoms with van der Waals surface area (Å²) in [6, 6.07) is 13.5. The average Bonchev–Trinajstić information content (AvgIpc) is 3.33.